The van der Waals surface area contributed by atoms with Crippen LogP contribution in [0.2, 0.25) is 0 Å². The molecule has 142 valence electrons. The zero-order valence-corrected chi connectivity index (χ0v) is 15.3. The quantitative estimate of drug-likeness (QED) is 0.801. The average Bonchev–Trinajstić information content (AvgIpc) is 3.16. The predicted molar refractivity (Wildman–Crippen MR) is 97.2 cm³/mol. The Morgan fingerprint density at radius 2 is 1.81 bits per heavy atom. The highest BCUT2D eigenvalue weighted by Gasteiger charge is 2.35. The average molecular weight is 369 g/mol. The first-order valence-corrected chi connectivity index (χ1v) is 9.26. The lowest BCUT2D eigenvalue weighted by atomic mass is 9.97. The van der Waals surface area contributed by atoms with Crippen LogP contribution in [0.5, 0.6) is 0 Å². The van der Waals surface area contributed by atoms with Gasteiger partial charge >= 0.3 is 0 Å². The molecule has 0 N–H and O–H groups in total. The maximum Gasteiger partial charge on any atom is 0.276 e. The molecule has 1 aromatic heterocycles. The van der Waals surface area contributed by atoms with E-state index in [4.69, 9.17) is 4.74 Å². The Kier molecular flexibility index (Phi) is 4.89. The van der Waals surface area contributed by atoms with Crippen LogP contribution >= 0.6 is 0 Å². The Labute approximate surface area is 157 Å². The van der Waals surface area contributed by atoms with Gasteiger partial charge in [-0.3, -0.25) is 9.59 Å². The summed E-state index contributed by atoms with van der Waals surface area (Å²) in [4.78, 5) is 28.6. The van der Waals surface area contributed by atoms with E-state index in [1.807, 2.05) is 42.2 Å². The van der Waals surface area contributed by atoms with Gasteiger partial charge in [0.1, 0.15) is 0 Å². The van der Waals surface area contributed by atoms with E-state index in [1.165, 1.54) is 0 Å². The van der Waals surface area contributed by atoms with Crippen LogP contribution in [-0.4, -0.2) is 76.0 Å². The number of hydrogen-bond acceptors (Lipinski definition) is 5. The van der Waals surface area contributed by atoms with Gasteiger partial charge in [-0.1, -0.05) is 35.5 Å². The normalized spacial score (nSPS) is 18.9. The number of carbonyl (C=O) groups is 2. The number of nitrogens with zero attached hydrogens (tertiary/aromatic N) is 5. The van der Waals surface area contributed by atoms with Gasteiger partial charge in [-0.25, -0.2) is 4.68 Å². The maximum atomic E-state index is 12.6. The van der Waals surface area contributed by atoms with Crippen LogP contribution in [0, 0.1) is 0 Å². The van der Waals surface area contributed by atoms with E-state index in [9.17, 15) is 9.59 Å². The number of ether oxygens (including phenoxy) is 1. The fourth-order valence-electron chi connectivity index (χ4n) is 3.44. The largest absolute Gasteiger partial charge is 0.378 e. The van der Waals surface area contributed by atoms with E-state index < -0.39 is 0 Å². The van der Waals surface area contributed by atoms with Gasteiger partial charge in [0.25, 0.3) is 5.91 Å². The predicted octanol–water partition coefficient (Wildman–Crippen LogP) is 0.938. The first kappa shape index (κ1) is 17.7. The summed E-state index contributed by atoms with van der Waals surface area (Å²) in [5, 5.41) is 8.13. The number of aromatic nitrogens is 3. The summed E-state index contributed by atoms with van der Waals surface area (Å²) in [7, 11) is 0. The number of amides is 2. The molecule has 2 aliphatic heterocycles. The molecule has 1 atom stereocenters. The molecular formula is C19H23N5O3. The van der Waals surface area contributed by atoms with Gasteiger partial charge in [-0.2, -0.15) is 0 Å². The molecule has 8 heteroatoms. The van der Waals surface area contributed by atoms with Crippen molar-refractivity contribution in [2.24, 2.45) is 0 Å². The highest BCUT2D eigenvalue weighted by molar-refractivity contribution is 5.92. The smallest absolute Gasteiger partial charge is 0.276 e. The van der Waals surface area contributed by atoms with Crippen LogP contribution in [0.3, 0.4) is 0 Å². The van der Waals surface area contributed by atoms with Gasteiger partial charge in [-0.15, -0.1) is 5.10 Å². The van der Waals surface area contributed by atoms with Gasteiger partial charge in [0.15, 0.2) is 5.69 Å². The van der Waals surface area contributed by atoms with Crippen molar-refractivity contribution in [2.75, 3.05) is 39.4 Å². The van der Waals surface area contributed by atoms with E-state index in [1.54, 1.807) is 15.8 Å². The number of hydrogen-bond donors (Lipinski definition) is 0. The summed E-state index contributed by atoms with van der Waals surface area (Å²) in [5.74, 6) is -0.168. The molecule has 2 amide bonds. The third-order valence-electron chi connectivity index (χ3n) is 5.25. The molecular weight excluding hydrogens is 346 g/mol. The van der Waals surface area contributed by atoms with Gasteiger partial charge in [0, 0.05) is 26.2 Å². The summed E-state index contributed by atoms with van der Waals surface area (Å²) in [6.45, 7) is 5.37. The van der Waals surface area contributed by atoms with Crippen molar-refractivity contribution in [1.82, 2.24) is 24.8 Å². The van der Waals surface area contributed by atoms with E-state index in [-0.39, 0.29) is 23.8 Å². The molecule has 0 aliphatic carbocycles. The minimum atomic E-state index is -0.165. The minimum Gasteiger partial charge on any atom is -0.378 e. The monoisotopic (exact) mass is 369 g/mol. The number of rotatable bonds is 4. The molecule has 1 aromatic carbocycles. The van der Waals surface area contributed by atoms with Crippen LogP contribution in [0.4, 0.5) is 0 Å². The second-order valence-electron chi connectivity index (χ2n) is 7.02. The second-order valence-corrected chi connectivity index (χ2v) is 7.02. The van der Waals surface area contributed by atoms with Gasteiger partial charge < -0.3 is 14.5 Å². The third kappa shape index (κ3) is 3.57. The maximum absolute atomic E-state index is 12.6. The zero-order chi connectivity index (χ0) is 18.8. The van der Waals surface area contributed by atoms with Crippen LogP contribution in [0.15, 0.2) is 36.5 Å². The van der Waals surface area contributed by atoms with Crippen LogP contribution in [0.1, 0.15) is 34.9 Å². The number of morpholine rings is 1. The van der Waals surface area contributed by atoms with Crippen molar-refractivity contribution < 1.29 is 14.3 Å². The molecule has 2 aromatic rings. The molecule has 0 spiro atoms. The number of likely N-dealkylation sites (tertiary alicyclic amines) is 1. The molecule has 2 fully saturated rings. The topological polar surface area (TPSA) is 80.6 Å². The number of benzene rings is 1. The molecule has 0 saturated carbocycles. The Bertz CT molecular complexity index is 810. The van der Waals surface area contributed by atoms with Crippen molar-refractivity contribution in [3.05, 3.63) is 47.8 Å². The lowest BCUT2D eigenvalue weighted by Crippen LogP contribution is -2.52. The number of carbonyl (C=O) groups excluding carboxylic acids is 2. The molecule has 0 radical (unpaired) electrons. The van der Waals surface area contributed by atoms with Crippen LogP contribution in [0.25, 0.3) is 0 Å². The molecule has 27 heavy (non-hydrogen) atoms. The summed E-state index contributed by atoms with van der Waals surface area (Å²) < 4.78 is 6.97. The summed E-state index contributed by atoms with van der Waals surface area (Å²) in [6, 6.07) is 9.85. The van der Waals surface area contributed by atoms with E-state index in [0.29, 0.717) is 45.1 Å². The first-order chi connectivity index (χ1) is 13.1. The molecule has 4 rings (SSSR count). The van der Waals surface area contributed by atoms with Crippen molar-refractivity contribution in [2.45, 2.75) is 18.9 Å². The van der Waals surface area contributed by atoms with Crippen LogP contribution < -0.4 is 0 Å². The third-order valence-corrected chi connectivity index (χ3v) is 5.25. The Balaban J connectivity index is 1.34. The van der Waals surface area contributed by atoms with Crippen molar-refractivity contribution in [3.63, 3.8) is 0 Å². The highest BCUT2D eigenvalue weighted by Crippen LogP contribution is 2.26. The summed E-state index contributed by atoms with van der Waals surface area (Å²) in [6.07, 6.45) is 1.69. The van der Waals surface area contributed by atoms with E-state index >= 15 is 0 Å². The Morgan fingerprint density at radius 3 is 2.52 bits per heavy atom. The van der Waals surface area contributed by atoms with Gasteiger partial charge in [0.05, 0.1) is 31.4 Å². The molecule has 3 heterocycles. The molecule has 2 aliphatic rings. The van der Waals surface area contributed by atoms with Crippen LogP contribution in [-0.2, 0) is 9.53 Å². The Morgan fingerprint density at radius 1 is 1.11 bits per heavy atom. The van der Waals surface area contributed by atoms with Crippen molar-refractivity contribution >= 4 is 11.8 Å². The molecule has 0 bridgehead atoms. The lowest BCUT2D eigenvalue weighted by molar-refractivity contribution is -0.138. The fourth-order valence-corrected chi connectivity index (χ4v) is 3.44. The second kappa shape index (κ2) is 7.48. The summed E-state index contributed by atoms with van der Waals surface area (Å²) >= 11 is 0. The SMILES string of the molecule is CC(C(=O)N1CC(n2cc(C(=O)N3CCOCC3)nn2)C1)c1ccccc1. The van der Waals surface area contributed by atoms with E-state index in [0.717, 1.165) is 5.56 Å². The molecule has 8 nitrogen and oxygen atoms in total. The summed E-state index contributed by atoms with van der Waals surface area (Å²) in [5.41, 5.74) is 1.37. The zero-order valence-electron chi connectivity index (χ0n) is 15.3. The van der Waals surface area contributed by atoms with Gasteiger partial charge in [0.2, 0.25) is 5.91 Å². The first-order valence-electron chi connectivity index (χ1n) is 9.26. The van der Waals surface area contributed by atoms with Crippen molar-refractivity contribution in [1.29, 1.82) is 0 Å². The Hall–Kier alpha value is -2.74. The lowest BCUT2D eigenvalue weighted by Gasteiger charge is -2.40. The van der Waals surface area contributed by atoms with Crippen molar-refractivity contribution in [3.8, 4) is 0 Å². The fraction of sp³-hybridized carbons (Fsp3) is 0.474. The van der Waals surface area contributed by atoms with E-state index in [2.05, 4.69) is 10.3 Å². The van der Waals surface area contributed by atoms with Gasteiger partial charge in [-0.05, 0) is 12.5 Å². The highest BCUT2D eigenvalue weighted by atomic mass is 16.5. The minimum absolute atomic E-state index is 0.0654. The standard InChI is InChI=1S/C19H23N5O3/c1-14(15-5-3-2-4-6-15)18(25)23-11-16(12-23)24-13-17(20-21-24)19(26)22-7-9-27-10-8-22/h2-6,13-14,16H,7-12H2,1H3. The molecule has 1 unspecified atom stereocenters. The molecule has 2 saturated heterocycles.